The minimum Gasteiger partial charge on any atom is -0.314 e. The van der Waals surface area contributed by atoms with E-state index in [2.05, 4.69) is 44.3 Å². The molecule has 1 aliphatic heterocycles. The van der Waals surface area contributed by atoms with Crippen LogP contribution in [0.1, 0.15) is 67.5 Å². The zero-order valence-electron chi connectivity index (χ0n) is 13.0. The maximum atomic E-state index is 4.56. The summed E-state index contributed by atoms with van der Waals surface area (Å²) in [4.78, 5) is 4.56. The summed E-state index contributed by atoms with van der Waals surface area (Å²) in [5.41, 5.74) is 1.11. The number of fused-ring (bicyclic) bond motifs is 1. The molecule has 2 atom stereocenters. The molecular formula is C15H23N5S. The van der Waals surface area contributed by atoms with Crippen molar-refractivity contribution in [1.82, 2.24) is 25.1 Å². The number of nitrogens with one attached hydrogen (secondary N) is 1. The van der Waals surface area contributed by atoms with Gasteiger partial charge in [0.1, 0.15) is 11.6 Å². The Kier molecular flexibility index (Phi) is 4.35. The highest BCUT2D eigenvalue weighted by Gasteiger charge is 2.21. The molecule has 0 spiro atoms. The Balaban J connectivity index is 1.73. The first-order valence-electron chi connectivity index (χ1n) is 7.75. The standard InChI is InChI=1S/C15H23N5S/c1-10(13-9-21-12(3)17-13)16-11(2)15-19-18-14-7-5-4-6-8-20(14)15/h9-11,16H,4-8H2,1-3H3. The Morgan fingerprint density at radius 1 is 1.19 bits per heavy atom. The van der Waals surface area contributed by atoms with Crippen LogP contribution in [0.3, 0.4) is 0 Å². The van der Waals surface area contributed by atoms with Gasteiger partial charge in [-0.05, 0) is 33.6 Å². The average Bonchev–Trinajstić information content (AvgIpc) is 2.99. The fourth-order valence-electron chi connectivity index (χ4n) is 2.94. The van der Waals surface area contributed by atoms with Gasteiger partial charge in [0, 0.05) is 24.4 Å². The van der Waals surface area contributed by atoms with Crippen LogP contribution in [0.2, 0.25) is 0 Å². The summed E-state index contributed by atoms with van der Waals surface area (Å²) in [7, 11) is 0. The van der Waals surface area contributed by atoms with Crippen molar-refractivity contribution < 1.29 is 0 Å². The van der Waals surface area contributed by atoms with Crippen molar-refractivity contribution in [3.8, 4) is 0 Å². The summed E-state index contributed by atoms with van der Waals surface area (Å²) in [5.74, 6) is 2.21. The third kappa shape index (κ3) is 3.16. The fraction of sp³-hybridized carbons (Fsp3) is 0.667. The van der Waals surface area contributed by atoms with Crippen molar-refractivity contribution in [3.63, 3.8) is 0 Å². The van der Waals surface area contributed by atoms with E-state index in [0.29, 0.717) is 0 Å². The average molecular weight is 305 g/mol. The van der Waals surface area contributed by atoms with Crippen LogP contribution in [-0.2, 0) is 13.0 Å². The van der Waals surface area contributed by atoms with Crippen molar-refractivity contribution in [2.75, 3.05) is 0 Å². The fourth-order valence-corrected chi connectivity index (χ4v) is 3.65. The van der Waals surface area contributed by atoms with E-state index in [1.54, 1.807) is 11.3 Å². The van der Waals surface area contributed by atoms with Crippen LogP contribution in [0.5, 0.6) is 0 Å². The third-order valence-electron chi connectivity index (χ3n) is 4.11. The lowest BCUT2D eigenvalue weighted by Gasteiger charge is -2.19. The van der Waals surface area contributed by atoms with Gasteiger partial charge in [0.05, 0.1) is 16.7 Å². The molecule has 6 heteroatoms. The van der Waals surface area contributed by atoms with Crippen LogP contribution in [0.15, 0.2) is 5.38 Å². The lowest BCUT2D eigenvalue weighted by molar-refractivity contribution is 0.448. The number of hydrogen-bond acceptors (Lipinski definition) is 5. The Labute approximate surface area is 129 Å². The SMILES string of the molecule is Cc1nc(C(C)NC(C)c2nnc3n2CCCCC3)cs1. The van der Waals surface area contributed by atoms with Gasteiger partial charge in [-0.3, -0.25) is 5.32 Å². The number of thiazole rings is 1. The molecule has 3 rings (SSSR count). The summed E-state index contributed by atoms with van der Waals surface area (Å²) < 4.78 is 2.31. The summed E-state index contributed by atoms with van der Waals surface area (Å²) in [6, 6.07) is 0.407. The molecule has 3 heterocycles. The van der Waals surface area contributed by atoms with Gasteiger partial charge in [0.15, 0.2) is 0 Å². The predicted octanol–water partition coefficient (Wildman–Crippen LogP) is 3.18. The van der Waals surface area contributed by atoms with Crippen LogP contribution in [0.25, 0.3) is 0 Å². The molecule has 114 valence electrons. The molecule has 0 fully saturated rings. The maximum Gasteiger partial charge on any atom is 0.149 e. The van der Waals surface area contributed by atoms with Gasteiger partial charge in [0.25, 0.3) is 0 Å². The molecule has 0 saturated carbocycles. The molecule has 0 bridgehead atoms. The quantitative estimate of drug-likeness (QED) is 0.942. The van der Waals surface area contributed by atoms with Crippen molar-refractivity contribution in [1.29, 1.82) is 0 Å². The molecule has 0 aliphatic carbocycles. The van der Waals surface area contributed by atoms with Crippen molar-refractivity contribution in [2.24, 2.45) is 0 Å². The summed E-state index contributed by atoms with van der Waals surface area (Å²) in [5, 5.41) is 15.7. The number of aromatic nitrogens is 4. The van der Waals surface area contributed by atoms with Gasteiger partial charge < -0.3 is 4.57 Å². The number of rotatable bonds is 4. The zero-order valence-corrected chi connectivity index (χ0v) is 13.8. The highest BCUT2D eigenvalue weighted by atomic mass is 32.1. The van der Waals surface area contributed by atoms with E-state index in [9.17, 15) is 0 Å². The molecule has 21 heavy (non-hydrogen) atoms. The molecule has 0 amide bonds. The second-order valence-corrected chi connectivity index (χ2v) is 6.90. The second kappa shape index (κ2) is 6.23. The smallest absolute Gasteiger partial charge is 0.149 e. The zero-order chi connectivity index (χ0) is 14.8. The van der Waals surface area contributed by atoms with Gasteiger partial charge in [-0.15, -0.1) is 21.5 Å². The van der Waals surface area contributed by atoms with Gasteiger partial charge in [0.2, 0.25) is 0 Å². The van der Waals surface area contributed by atoms with Crippen LogP contribution in [-0.4, -0.2) is 19.7 Å². The van der Waals surface area contributed by atoms with E-state index in [1.165, 1.54) is 19.3 Å². The lowest BCUT2D eigenvalue weighted by atomic mass is 10.2. The molecule has 5 nitrogen and oxygen atoms in total. The van der Waals surface area contributed by atoms with Crippen molar-refractivity contribution >= 4 is 11.3 Å². The highest BCUT2D eigenvalue weighted by molar-refractivity contribution is 7.09. The van der Waals surface area contributed by atoms with Gasteiger partial charge in [-0.25, -0.2) is 4.98 Å². The van der Waals surface area contributed by atoms with E-state index >= 15 is 0 Å². The molecule has 2 aromatic rings. The second-order valence-electron chi connectivity index (χ2n) is 5.84. The Bertz CT molecular complexity index is 603. The van der Waals surface area contributed by atoms with Crippen LogP contribution < -0.4 is 5.32 Å². The molecule has 2 unspecified atom stereocenters. The molecule has 1 aliphatic rings. The lowest BCUT2D eigenvalue weighted by Crippen LogP contribution is -2.25. The number of nitrogens with zero attached hydrogens (tertiary/aromatic N) is 4. The number of hydrogen-bond donors (Lipinski definition) is 1. The van der Waals surface area contributed by atoms with Crippen molar-refractivity contribution in [3.05, 3.63) is 27.7 Å². The van der Waals surface area contributed by atoms with Crippen LogP contribution in [0, 0.1) is 6.92 Å². The van der Waals surface area contributed by atoms with E-state index < -0.39 is 0 Å². The highest BCUT2D eigenvalue weighted by Crippen LogP contribution is 2.22. The summed E-state index contributed by atoms with van der Waals surface area (Å²) in [6.07, 6.45) is 4.81. The topological polar surface area (TPSA) is 55.6 Å². The molecule has 0 aromatic carbocycles. The Morgan fingerprint density at radius 2 is 2.05 bits per heavy atom. The first-order valence-corrected chi connectivity index (χ1v) is 8.63. The third-order valence-corrected chi connectivity index (χ3v) is 4.90. The largest absolute Gasteiger partial charge is 0.314 e. The minimum atomic E-state index is 0.182. The van der Waals surface area contributed by atoms with Gasteiger partial charge in [-0.2, -0.15) is 0 Å². The Morgan fingerprint density at radius 3 is 2.81 bits per heavy atom. The molecule has 0 saturated heterocycles. The summed E-state index contributed by atoms with van der Waals surface area (Å²) >= 11 is 1.70. The minimum absolute atomic E-state index is 0.182. The molecule has 1 N–H and O–H groups in total. The summed E-state index contributed by atoms with van der Waals surface area (Å²) in [6.45, 7) is 7.42. The van der Waals surface area contributed by atoms with Crippen LogP contribution >= 0.6 is 11.3 Å². The predicted molar refractivity (Wildman–Crippen MR) is 84.4 cm³/mol. The maximum absolute atomic E-state index is 4.56. The van der Waals surface area contributed by atoms with E-state index in [4.69, 9.17) is 0 Å². The van der Waals surface area contributed by atoms with E-state index in [1.807, 2.05) is 6.92 Å². The first kappa shape index (κ1) is 14.7. The monoisotopic (exact) mass is 305 g/mol. The van der Waals surface area contributed by atoms with Gasteiger partial charge >= 0.3 is 0 Å². The molecule has 0 radical (unpaired) electrons. The first-order chi connectivity index (χ1) is 10.1. The van der Waals surface area contributed by atoms with Crippen molar-refractivity contribution in [2.45, 2.75) is 65.1 Å². The molecule has 2 aromatic heterocycles. The van der Waals surface area contributed by atoms with E-state index in [-0.39, 0.29) is 12.1 Å². The normalized spacial score (nSPS) is 18.0. The molecular weight excluding hydrogens is 282 g/mol. The number of aryl methyl sites for hydroxylation is 2. The van der Waals surface area contributed by atoms with Gasteiger partial charge in [-0.1, -0.05) is 6.42 Å². The Hall–Kier alpha value is -1.27. The van der Waals surface area contributed by atoms with E-state index in [0.717, 1.165) is 35.3 Å². The van der Waals surface area contributed by atoms with Crippen LogP contribution in [0.4, 0.5) is 0 Å².